The summed E-state index contributed by atoms with van der Waals surface area (Å²) in [6, 6.07) is 7.37. The zero-order valence-corrected chi connectivity index (χ0v) is 8.04. The average Bonchev–Trinajstić information content (AvgIpc) is 2.66. The van der Waals surface area contributed by atoms with Gasteiger partial charge in [-0.25, -0.2) is 0 Å². The molecule has 0 bridgehead atoms. The number of benzene rings is 1. The highest BCUT2D eigenvalue weighted by Gasteiger charge is 2.06. The lowest BCUT2D eigenvalue weighted by molar-refractivity contribution is -0.113. The van der Waals surface area contributed by atoms with Gasteiger partial charge in [0.25, 0.3) is 0 Å². The van der Waals surface area contributed by atoms with E-state index in [-0.39, 0.29) is 11.8 Å². The van der Waals surface area contributed by atoms with Crippen LogP contribution < -0.4 is 5.32 Å². The molecule has 0 unspecified atom stereocenters. The highest BCUT2D eigenvalue weighted by Crippen LogP contribution is 2.23. The van der Waals surface area contributed by atoms with Crippen LogP contribution in [0.1, 0.15) is 0 Å². The molecule has 1 amide bonds. The predicted molar refractivity (Wildman–Crippen MR) is 55.6 cm³/mol. The Morgan fingerprint density at radius 1 is 1.43 bits per heavy atom. The molecule has 4 heteroatoms. The first-order valence-corrected chi connectivity index (χ1v) is 4.67. The third-order valence-corrected chi connectivity index (χ3v) is 2.12. The number of furan rings is 1. The van der Waals surface area contributed by atoms with E-state index in [0.29, 0.717) is 11.3 Å². The van der Waals surface area contributed by atoms with Crippen molar-refractivity contribution in [2.45, 2.75) is 0 Å². The van der Waals surface area contributed by atoms with Crippen LogP contribution in [0.5, 0.6) is 0 Å². The van der Waals surface area contributed by atoms with E-state index in [0.717, 1.165) is 5.39 Å². The number of para-hydroxylation sites is 1. The van der Waals surface area contributed by atoms with Gasteiger partial charge < -0.3 is 9.73 Å². The van der Waals surface area contributed by atoms with Crippen molar-refractivity contribution >= 4 is 34.2 Å². The number of hydrogen-bond donors (Lipinski definition) is 1. The molecule has 0 saturated heterocycles. The van der Waals surface area contributed by atoms with Gasteiger partial charge in [0.2, 0.25) is 5.91 Å². The molecular weight excluding hydrogens is 202 g/mol. The number of carbonyl (C=O) groups excluding carboxylic acids is 1. The lowest BCUT2D eigenvalue weighted by atomic mass is 10.2. The Labute approximate surface area is 85.7 Å². The van der Waals surface area contributed by atoms with Crippen molar-refractivity contribution < 1.29 is 9.21 Å². The molecule has 3 nitrogen and oxygen atoms in total. The van der Waals surface area contributed by atoms with Gasteiger partial charge in [0.1, 0.15) is 5.88 Å². The Balaban J connectivity index is 2.41. The minimum atomic E-state index is -0.240. The summed E-state index contributed by atoms with van der Waals surface area (Å²) in [6.07, 6.45) is 1.58. The largest absolute Gasteiger partial charge is 0.462 e. The van der Waals surface area contributed by atoms with Gasteiger partial charge in [-0.15, -0.1) is 11.6 Å². The molecule has 0 aliphatic rings. The standard InChI is InChI=1S/C10H8ClNO2/c11-6-9(13)12-8-3-1-2-7-4-5-14-10(7)8/h1-5H,6H2,(H,12,13). The maximum absolute atomic E-state index is 11.1. The molecular formula is C10H8ClNO2. The van der Waals surface area contributed by atoms with E-state index in [1.165, 1.54) is 0 Å². The van der Waals surface area contributed by atoms with E-state index in [2.05, 4.69) is 5.32 Å². The van der Waals surface area contributed by atoms with Crippen LogP contribution in [0.4, 0.5) is 5.69 Å². The van der Waals surface area contributed by atoms with E-state index >= 15 is 0 Å². The van der Waals surface area contributed by atoms with Gasteiger partial charge in [-0.2, -0.15) is 0 Å². The fraction of sp³-hybridized carbons (Fsp3) is 0.100. The number of nitrogens with one attached hydrogen (secondary N) is 1. The van der Waals surface area contributed by atoms with E-state index in [4.69, 9.17) is 16.0 Å². The van der Waals surface area contributed by atoms with Crippen LogP contribution in [-0.2, 0) is 4.79 Å². The van der Waals surface area contributed by atoms with Gasteiger partial charge in [-0.3, -0.25) is 4.79 Å². The number of hydrogen-bond acceptors (Lipinski definition) is 2. The zero-order valence-electron chi connectivity index (χ0n) is 7.29. The molecule has 1 N–H and O–H groups in total. The van der Waals surface area contributed by atoms with Crippen molar-refractivity contribution in [2.24, 2.45) is 0 Å². The van der Waals surface area contributed by atoms with Crippen LogP contribution in [0, 0.1) is 0 Å². The van der Waals surface area contributed by atoms with Crippen molar-refractivity contribution in [1.29, 1.82) is 0 Å². The Kier molecular flexibility index (Phi) is 2.41. The van der Waals surface area contributed by atoms with Gasteiger partial charge in [-0.1, -0.05) is 12.1 Å². The minimum absolute atomic E-state index is 0.0584. The van der Waals surface area contributed by atoms with Gasteiger partial charge in [-0.05, 0) is 12.1 Å². The van der Waals surface area contributed by atoms with Gasteiger partial charge in [0.05, 0.1) is 12.0 Å². The van der Waals surface area contributed by atoms with Crippen molar-refractivity contribution in [3.8, 4) is 0 Å². The monoisotopic (exact) mass is 209 g/mol. The number of alkyl halides is 1. The Morgan fingerprint density at radius 2 is 2.29 bits per heavy atom. The molecule has 0 aliphatic heterocycles. The average molecular weight is 210 g/mol. The Morgan fingerprint density at radius 3 is 3.07 bits per heavy atom. The molecule has 0 aliphatic carbocycles. The summed E-state index contributed by atoms with van der Waals surface area (Å²) < 4.78 is 5.24. The normalized spacial score (nSPS) is 10.4. The van der Waals surface area contributed by atoms with Crippen molar-refractivity contribution in [2.75, 3.05) is 11.2 Å². The number of halogens is 1. The van der Waals surface area contributed by atoms with Gasteiger partial charge >= 0.3 is 0 Å². The molecule has 2 aromatic rings. The Hall–Kier alpha value is -1.48. The fourth-order valence-electron chi connectivity index (χ4n) is 1.28. The highest BCUT2D eigenvalue weighted by atomic mass is 35.5. The van der Waals surface area contributed by atoms with Gasteiger partial charge in [0.15, 0.2) is 5.58 Å². The first-order chi connectivity index (χ1) is 6.81. The Bertz CT molecular complexity index is 464. The summed E-state index contributed by atoms with van der Waals surface area (Å²) >= 11 is 5.38. The van der Waals surface area contributed by atoms with Crippen LogP contribution in [0.3, 0.4) is 0 Å². The summed E-state index contributed by atoms with van der Waals surface area (Å²) in [5, 5.41) is 3.61. The molecule has 1 aromatic heterocycles. The van der Waals surface area contributed by atoms with E-state index in [9.17, 15) is 4.79 Å². The van der Waals surface area contributed by atoms with Crippen LogP contribution in [-0.4, -0.2) is 11.8 Å². The first-order valence-electron chi connectivity index (χ1n) is 4.13. The first kappa shape index (κ1) is 9.09. The molecule has 1 heterocycles. The van der Waals surface area contributed by atoms with Gasteiger partial charge in [0, 0.05) is 5.39 Å². The van der Waals surface area contributed by atoms with E-state index in [1.807, 2.05) is 18.2 Å². The lowest BCUT2D eigenvalue weighted by Crippen LogP contribution is -2.12. The second-order valence-corrected chi connectivity index (χ2v) is 3.09. The predicted octanol–water partition coefficient (Wildman–Crippen LogP) is 2.61. The second kappa shape index (κ2) is 3.72. The number of anilines is 1. The number of rotatable bonds is 2. The molecule has 72 valence electrons. The molecule has 0 saturated carbocycles. The molecule has 1 aromatic carbocycles. The number of carbonyl (C=O) groups is 1. The summed E-state index contributed by atoms with van der Waals surface area (Å²) in [7, 11) is 0. The van der Waals surface area contributed by atoms with E-state index in [1.54, 1.807) is 12.3 Å². The lowest BCUT2D eigenvalue weighted by Gasteiger charge is -2.02. The fourth-order valence-corrected chi connectivity index (χ4v) is 1.34. The van der Waals surface area contributed by atoms with Crippen LogP contribution >= 0.6 is 11.6 Å². The summed E-state index contributed by atoms with van der Waals surface area (Å²) in [6.45, 7) is 0. The zero-order chi connectivity index (χ0) is 9.97. The molecule has 0 fully saturated rings. The van der Waals surface area contributed by atoms with Crippen molar-refractivity contribution in [3.05, 3.63) is 30.5 Å². The molecule has 14 heavy (non-hydrogen) atoms. The topological polar surface area (TPSA) is 42.2 Å². The number of amides is 1. The highest BCUT2D eigenvalue weighted by molar-refractivity contribution is 6.29. The molecule has 0 atom stereocenters. The van der Waals surface area contributed by atoms with Crippen LogP contribution in [0.15, 0.2) is 34.9 Å². The van der Waals surface area contributed by atoms with E-state index < -0.39 is 0 Å². The molecule has 0 radical (unpaired) electrons. The SMILES string of the molecule is O=C(CCl)Nc1cccc2ccoc12. The number of fused-ring (bicyclic) bond motifs is 1. The molecule has 0 spiro atoms. The molecule has 2 rings (SSSR count). The second-order valence-electron chi connectivity index (χ2n) is 2.83. The summed E-state index contributed by atoms with van der Waals surface area (Å²) in [5.74, 6) is -0.299. The quantitative estimate of drug-likeness (QED) is 0.773. The maximum Gasteiger partial charge on any atom is 0.239 e. The summed E-state index contributed by atoms with van der Waals surface area (Å²) in [5.41, 5.74) is 1.32. The van der Waals surface area contributed by atoms with Crippen LogP contribution in [0.2, 0.25) is 0 Å². The maximum atomic E-state index is 11.1. The van der Waals surface area contributed by atoms with Crippen molar-refractivity contribution in [3.63, 3.8) is 0 Å². The third-order valence-electron chi connectivity index (χ3n) is 1.87. The third kappa shape index (κ3) is 1.59. The van der Waals surface area contributed by atoms with Crippen molar-refractivity contribution in [1.82, 2.24) is 0 Å². The smallest absolute Gasteiger partial charge is 0.239 e. The summed E-state index contributed by atoms with van der Waals surface area (Å²) in [4.78, 5) is 11.1. The minimum Gasteiger partial charge on any atom is -0.462 e. The van der Waals surface area contributed by atoms with Crippen LogP contribution in [0.25, 0.3) is 11.0 Å².